The quantitative estimate of drug-likeness (QED) is 0.668. The van der Waals surface area contributed by atoms with E-state index in [0.717, 1.165) is 5.39 Å². The highest BCUT2D eigenvalue weighted by Crippen LogP contribution is 2.29. The Hall–Kier alpha value is -2.37. The van der Waals surface area contributed by atoms with Crippen LogP contribution in [0.1, 0.15) is 18.5 Å². The van der Waals surface area contributed by atoms with Gasteiger partial charge in [-0.2, -0.15) is 0 Å². The maximum atomic E-state index is 13.2. The Morgan fingerprint density at radius 1 is 1.23 bits per heavy atom. The predicted molar refractivity (Wildman–Crippen MR) is 100 cm³/mol. The highest BCUT2D eigenvalue weighted by Gasteiger charge is 2.13. The van der Waals surface area contributed by atoms with E-state index >= 15 is 0 Å². The van der Waals surface area contributed by atoms with Crippen LogP contribution in [0.2, 0.25) is 10.0 Å². The van der Waals surface area contributed by atoms with E-state index in [1.807, 2.05) is 6.07 Å². The molecule has 134 valence electrons. The Balaban J connectivity index is 1.66. The van der Waals surface area contributed by atoms with Gasteiger partial charge in [-0.25, -0.2) is 4.39 Å². The van der Waals surface area contributed by atoms with Gasteiger partial charge in [0.05, 0.1) is 16.1 Å². The lowest BCUT2D eigenvalue weighted by Gasteiger charge is -2.15. The molecule has 0 fully saturated rings. The molecule has 0 spiro atoms. The summed E-state index contributed by atoms with van der Waals surface area (Å²) in [5, 5.41) is 4.11. The van der Waals surface area contributed by atoms with E-state index in [4.69, 9.17) is 27.9 Å². The molecule has 1 aromatic heterocycles. The summed E-state index contributed by atoms with van der Waals surface area (Å²) in [5.41, 5.74) is 1.29. The number of carbonyl (C=O) groups excluding carboxylic acids is 1. The lowest BCUT2D eigenvalue weighted by Crippen LogP contribution is -2.31. The summed E-state index contributed by atoms with van der Waals surface area (Å²) in [6.07, 6.45) is 1.63. The molecular formula is C19H15Cl2FN2O2. The molecule has 0 aliphatic heterocycles. The van der Waals surface area contributed by atoms with Crippen molar-refractivity contribution in [1.82, 2.24) is 10.3 Å². The highest BCUT2D eigenvalue weighted by molar-refractivity contribution is 6.35. The molecule has 3 rings (SSSR count). The Bertz CT molecular complexity index is 965. The van der Waals surface area contributed by atoms with E-state index in [1.165, 1.54) is 12.1 Å². The van der Waals surface area contributed by atoms with E-state index in [-0.39, 0.29) is 23.6 Å². The summed E-state index contributed by atoms with van der Waals surface area (Å²) in [7, 11) is 0. The molecule has 0 saturated heterocycles. The molecule has 3 aromatic rings. The number of benzene rings is 2. The summed E-state index contributed by atoms with van der Waals surface area (Å²) in [4.78, 5) is 16.4. The molecule has 2 aromatic carbocycles. The molecule has 0 aliphatic carbocycles. The minimum Gasteiger partial charge on any atom is -0.481 e. The number of nitrogens with one attached hydrogen (secondary N) is 1. The Kier molecular flexibility index (Phi) is 5.59. The topological polar surface area (TPSA) is 51.2 Å². The zero-order valence-corrected chi connectivity index (χ0v) is 15.3. The van der Waals surface area contributed by atoms with Crippen molar-refractivity contribution in [2.75, 3.05) is 6.61 Å². The van der Waals surface area contributed by atoms with Gasteiger partial charge in [-0.15, -0.1) is 0 Å². The van der Waals surface area contributed by atoms with Gasteiger partial charge in [0, 0.05) is 11.6 Å². The van der Waals surface area contributed by atoms with Gasteiger partial charge in [0.15, 0.2) is 6.61 Å². The number of halogens is 3. The molecule has 0 bridgehead atoms. The molecular weight excluding hydrogens is 378 g/mol. The van der Waals surface area contributed by atoms with Crippen molar-refractivity contribution in [1.29, 1.82) is 0 Å². The zero-order chi connectivity index (χ0) is 18.7. The first kappa shape index (κ1) is 18.4. The monoisotopic (exact) mass is 392 g/mol. The van der Waals surface area contributed by atoms with Gasteiger partial charge < -0.3 is 10.1 Å². The molecule has 1 unspecified atom stereocenters. The fraction of sp³-hybridized carbons (Fsp3) is 0.158. The lowest BCUT2D eigenvalue weighted by molar-refractivity contribution is -0.123. The zero-order valence-electron chi connectivity index (χ0n) is 13.8. The van der Waals surface area contributed by atoms with Crippen molar-refractivity contribution in [2.24, 2.45) is 0 Å². The fourth-order valence-electron chi connectivity index (χ4n) is 2.52. The summed E-state index contributed by atoms with van der Waals surface area (Å²) in [5.74, 6) is -0.353. The maximum absolute atomic E-state index is 13.2. The Morgan fingerprint density at radius 3 is 2.81 bits per heavy atom. The van der Waals surface area contributed by atoms with Crippen LogP contribution in [0.3, 0.4) is 0 Å². The molecule has 1 atom stereocenters. The third-order valence-corrected chi connectivity index (χ3v) is 4.48. The molecule has 26 heavy (non-hydrogen) atoms. The minimum atomic E-state index is -0.501. The summed E-state index contributed by atoms with van der Waals surface area (Å²) in [6, 6.07) is 11.0. The molecule has 7 heteroatoms. The number of hydrogen-bond donors (Lipinski definition) is 1. The number of nitrogens with zero attached hydrogens (tertiary/aromatic N) is 1. The fourth-order valence-corrected chi connectivity index (χ4v) is 2.92. The second-order valence-electron chi connectivity index (χ2n) is 5.70. The van der Waals surface area contributed by atoms with Gasteiger partial charge in [-0.1, -0.05) is 29.3 Å². The van der Waals surface area contributed by atoms with Crippen molar-refractivity contribution in [3.05, 3.63) is 70.1 Å². The van der Waals surface area contributed by atoms with E-state index in [9.17, 15) is 9.18 Å². The highest BCUT2D eigenvalue weighted by atomic mass is 35.5. The first-order chi connectivity index (χ1) is 12.5. The number of pyridine rings is 1. The van der Waals surface area contributed by atoms with Crippen LogP contribution in [0, 0.1) is 5.82 Å². The van der Waals surface area contributed by atoms with Gasteiger partial charge in [0.25, 0.3) is 5.91 Å². The van der Waals surface area contributed by atoms with E-state index in [2.05, 4.69) is 10.3 Å². The second kappa shape index (κ2) is 7.89. The third kappa shape index (κ3) is 4.06. The largest absolute Gasteiger partial charge is 0.481 e. The van der Waals surface area contributed by atoms with Crippen LogP contribution in [0.5, 0.6) is 5.75 Å². The minimum absolute atomic E-state index is 0.0126. The summed E-state index contributed by atoms with van der Waals surface area (Å²) >= 11 is 11.9. The number of amides is 1. The molecule has 1 amide bonds. The van der Waals surface area contributed by atoms with Crippen LogP contribution in [0.25, 0.3) is 10.9 Å². The van der Waals surface area contributed by atoms with Crippen molar-refractivity contribution >= 4 is 40.0 Å². The predicted octanol–water partition coefficient (Wildman–Crippen LogP) is 4.94. The van der Waals surface area contributed by atoms with Crippen molar-refractivity contribution < 1.29 is 13.9 Å². The number of aromatic nitrogens is 1. The Morgan fingerprint density at radius 2 is 2.04 bits per heavy atom. The van der Waals surface area contributed by atoms with Gasteiger partial charge >= 0.3 is 0 Å². The van der Waals surface area contributed by atoms with Crippen LogP contribution >= 0.6 is 23.2 Å². The van der Waals surface area contributed by atoms with Crippen LogP contribution in [0.4, 0.5) is 4.39 Å². The van der Waals surface area contributed by atoms with Crippen LogP contribution in [-0.4, -0.2) is 17.5 Å². The first-order valence-electron chi connectivity index (χ1n) is 7.86. The molecule has 0 aliphatic rings. The van der Waals surface area contributed by atoms with E-state index in [1.54, 1.807) is 37.4 Å². The molecule has 1 N–H and O–H groups in total. The SMILES string of the molecule is CC(NC(=O)COc1ccc(Cl)c2cccnc12)c1ccc(F)c(Cl)c1. The van der Waals surface area contributed by atoms with Crippen molar-refractivity contribution in [3.8, 4) is 5.75 Å². The number of hydrogen-bond acceptors (Lipinski definition) is 3. The summed E-state index contributed by atoms with van der Waals surface area (Å²) < 4.78 is 18.8. The molecule has 0 radical (unpaired) electrons. The van der Waals surface area contributed by atoms with Crippen LogP contribution in [-0.2, 0) is 4.79 Å². The maximum Gasteiger partial charge on any atom is 0.258 e. The number of carbonyl (C=O) groups is 1. The smallest absolute Gasteiger partial charge is 0.258 e. The van der Waals surface area contributed by atoms with E-state index in [0.29, 0.717) is 21.9 Å². The van der Waals surface area contributed by atoms with Gasteiger partial charge in [-0.05, 0) is 48.9 Å². The second-order valence-corrected chi connectivity index (χ2v) is 6.51. The molecule has 0 saturated carbocycles. The number of fused-ring (bicyclic) bond motifs is 1. The Labute approximate surface area is 159 Å². The van der Waals surface area contributed by atoms with Crippen LogP contribution < -0.4 is 10.1 Å². The average molecular weight is 393 g/mol. The van der Waals surface area contributed by atoms with Crippen molar-refractivity contribution in [3.63, 3.8) is 0 Å². The van der Waals surface area contributed by atoms with Crippen LogP contribution in [0.15, 0.2) is 48.7 Å². The third-order valence-electron chi connectivity index (χ3n) is 3.86. The van der Waals surface area contributed by atoms with Gasteiger partial charge in [-0.3, -0.25) is 9.78 Å². The van der Waals surface area contributed by atoms with Crippen molar-refractivity contribution in [2.45, 2.75) is 13.0 Å². The lowest BCUT2D eigenvalue weighted by atomic mass is 10.1. The number of ether oxygens (including phenoxy) is 1. The number of rotatable bonds is 5. The van der Waals surface area contributed by atoms with E-state index < -0.39 is 5.82 Å². The van der Waals surface area contributed by atoms with Gasteiger partial charge in [0.2, 0.25) is 0 Å². The molecule has 1 heterocycles. The summed E-state index contributed by atoms with van der Waals surface area (Å²) in [6.45, 7) is 1.59. The normalized spacial score (nSPS) is 12.0. The molecule has 4 nitrogen and oxygen atoms in total. The first-order valence-corrected chi connectivity index (χ1v) is 8.61. The van der Waals surface area contributed by atoms with Gasteiger partial charge in [0.1, 0.15) is 17.1 Å². The standard InChI is InChI=1S/C19H15Cl2FN2O2/c1-11(12-4-6-16(22)15(21)9-12)24-18(25)10-26-17-7-5-14(20)13-3-2-8-23-19(13)17/h2-9,11H,10H2,1H3,(H,24,25). The average Bonchev–Trinajstić information content (AvgIpc) is 2.63.